The summed E-state index contributed by atoms with van der Waals surface area (Å²) in [4.78, 5) is 35.0. The van der Waals surface area contributed by atoms with Gasteiger partial charge in [-0.25, -0.2) is 9.97 Å². The molecule has 7 nitrogen and oxygen atoms in total. The Balaban J connectivity index is 1.80. The van der Waals surface area contributed by atoms with Gasteiger partial charge in [0.15, 0.2) is 0 Å². The van der Waals surface area contributed by atoms with Gasteiger partial charge in [0.1, 0.15) is 5.69 Å². The molecule has 7 heteroatoms. The van der Waals surface area contributed by atoms with Crippen molar-refractivity contribution in [2.24, 2.45) is 0 Å². The number of hydrogen-bond acceptors (Lipinski definition) is 5. The molecule has 1 aromatic heterocycles. The second-order valence-electron chi connectivity index (χ2n) is 7.52. The smallest absolute Gasteiger partial charge is 0.313 e. The molecule has 142 valence electrons. The van der Waals surface area contributed by atoms with Crippen LogP contribution in [-0.4, -0.2) is 31.9 Å². The molecule has 0 fully saturated rings. The summed E-state index contributed by atoms with van der Waals surface area (Å²) in [6.45, 7) is 4.24. The first-order valence-corrected chi connectivity index (χ1v) is 8.94. The number of rotatable bonds is 3. The molecule has 0 spiro atoms. The molecule has 1 aliphatic rings. The molecule has 3 N–H and O–H groups in total. The molecule has 0 bridgehead atoms. The molecule has 28 heavy (non-hydrogen) atoms. The number of anilines is 1. The second kappa shape index (κ2) is 6.30. The summed E-state index contributed by atoms with van der Waals surface area (Å²) in [5, 5.41) is 10.0. The fourth-order valence-electron chi connectivity index (χ4n) is 3.45. The van der Waals surface area contributed by atoms with Crippen LogP contribution < -0.4 is 5.73 Å². The van der Waals surface area contributed by atoms with Crippen LogP contribution in [-0.2, 0) is 23.3 Å². The fraction of sp³-hybridized carbons (Fsp3) is 0.238. The van der Waals surface area contributed by atoms with Crippen LogP contribution in [0.1, 0.15) is 41.0 Å². The zero-order valence-corrected chi connectivity index (χ0v) is 15.6. The lowest BCUT2D eigenvalue weighted by Gasteiger charge is -2.21. The molecular weight excluding hydrogens is 356 g/mol. The Hall–Kier alpha value is -3.48. The monoisotopic (exact) mass is 376 g/mol. The second-order valence-corrected chi connectivity index (χ2v) is 7.52. The first-order valence-electron chi connectivity index (χ1n) is 8.94. The zero-order valence-electron chi connectivity index (χ0n) is 15.6. The number of amides is 1. The van der Waals surface area contributed by atoms with Crippen molar-refractivity contribution in [3.63, 3.8) is 0 Å². The number of nitrogens with two attached hydrogens (primary N) is 1. The van der Waals surface area contributed by atoms with Crippen molar-refractivity contribution in [1.82, 2.24) is 14.9 Å². The molecule has 4 rings (SSSR count). The van der Waals surface area contributed by atoms with Gasteiger partial charge in [-0.2, -0.15) is 0 Å². The molecule has 0 saturated carbocycles. The van der Waals surface area contributed by atoms with Gasteiger partial charge in [0, 0.05) is 18.5 Å². The summed E-state index contributed by atoms with van der Waals surface area (Å²) in [7, 11) is 0. The molecule has 0 unspecified atom stereocenters. The molecular formula is C21H20N4O3. The normalized spacial score (nSPS) is 13.6. The number of carboxylic acids is 1. The van der Waals surface area contributed by atoms with E-state index in [2.05, 4.69) is 9.97 Å². The van der Waals surface area contributed by atoms with Crippen molar-refractivity contribution in [2.75, 3.05) is 5.73 Å². The minimum atomic E-state index is -1.11. The van der Waals surface area contributed by atoms with Crippen LogP contribution in [0.5, 0.6) is 0 Å². The first-order chi connectivity index (χ1) is 13.3. The number of carboxylic acid groups (broad SMARTS) is 1. The summed E-state index contributed by atoms with van der Waals surface area (Å²) in [6, 6.07) is 13.0. The molecule has 2 heterocycles. The standard InChI is InChI=1S/C21H20N4O3/c1-21(2,19(27)28)14-7-8-16-15(9-14)17(24-20(22)23-16)18(26)25-10-12-5-3-4-6-13(12)11-25/h3-9H,10-11H2,1-2H3,(H,27,28)(H2,22,23,24). The van der Waals surface area contributed by atoms with E-state index >= 15 is 0 Å². The molecule has 1 aliphatic heterocycles. The number of aromatic nitrogens is 2. The van der Waals surface area contributed by atoms with Gasteiger partial charge in [-0.05, 0) is 42.7 Å². The van der Waals surface area contributed by atoms with E-state index < -0.39 is 11.4 Å². The minimum absolute atomic E-state index is 0.0119. The number of aliphatic carboxylic acids is 1. The molecule has 0 saturated heterocycles. The summed E-state index contributed by atoms with van der Waals surface area (Å²) in [5.41, 5.74) is 8.21. The van der Waals surface area contributed by atoms with Gasteiger partial charge in [0.2, 0.25) is 5.95 Å². The van der Waals surface area contributed by atoms with E-state index in [0.717, 1.165) is 11.1 Å². The average Bonchev–Trinajstić information content (AvgIpc) is 3.10. The maximum Gasteiger partial charge on any atom is 0.313 e. The highest BCUT2D eigenvalue weighted by atomic mass is 16.4. The van der Waals surface area contributed by atoms with Gasteiger partial charge in [-0.15, -0.1) is 0 Å². The highest BCUT2D eigenvalue weighted by Crippen LogP contribution is 2.30. The largest absolute Gasteiger partial charge is 0.481 e. The van der Waals surface area contributed by atoms with Crippen LogP contribution >= 0.6 is 0 Å². The Morgan fingerprint density at radius 3 is 2.32 bits per heavy atom. The van der Waals surface area contributed by atoms with E-state index in [1.54, 1.807) is 36.9 Å². The van der Waals surface area contributed by atoms with Gasteiger partial charge in [0.05, 0.1) is 10.9 Å². The van der Waals surface area contributed by atoms with Gasteiger partial charge in [-0.3, -0.25) is 9.59 Å². The highest BCUT2D eigenvalue weighted by molar-refractivity contribution is 6.05. The van der Waals surface area contributed by atoms with Crippen molar-refractivity contribution in [2.45, 2.75) is 32.4 Å². The Morgan fingerprint density at radius 2 is 1.71 bits per heavy atom. The van der Waals surface area contributed by atoms with Gasteiger partial charge < -0.3 is 15.7 Å². The highest BCUT2D eigenvalue weighted by Gasteiger charge is 2.31. The van der Waals surface area contributed by atoms with E-state index in [4.69, 9.17) is 5.73 Å². The number of carbonyl (C=O) groups excluding carboxylic acids is 1. The van der Waals surface area contributed by atoms with Crippen LogP contribution in [0.15, 0.2) is 42.5 Å². The van der Waals surface area contributed by atoms with Crippen LogP contribution in [0.4, 0.5) is 5.95 Å². The average molecular weight is 376 g/mol. The molecule has 1 amide bonds. The van der Waals surface area contributed by atoms with Crippen LogP contribution in [0.25, 0.3) is 10.9 Å². The maximum absolute atomic E-state index is 13.2. The Kier molecular flexibility index (Phi) is 4.03. The van der Waals surface area contributed by atoms with Gasteiger partial charge >= 0.3 is 5.97 Å². The topological polar surface area (TPSA) is 109 Å². The predicted molar refractivity (Wildman–Crippen MR) is 105 cm³/mol. The molecule has 2 aromatic carbocycles. The number of nitrogens with zero attached hydrogens (tertiary/aromatic N) is 3. The van der Waals surface area contributed by atoms with Crippen LogP contribution in [0.3, 0.4) is 0 Å². The van der Waals surface area contributed by atoms with E-state index in [-0.39, 0.29) is 17.5 Å². The summed E-state index contributed by atoms with van der Waals surface area (Å²) >= 11 is 0. The molecule has 0 radical (unpaired) electrons. The molecule has 0 aliphatic carbocycles. The first kappa shape index (κ1) is 17.9. The summed E-state index contributed by atoms with van der Waals surface area (Å²) < 4.78 is 0. The minimum Gasteiger partial charge on any atom is -0.481 e. The number of hydrogen-bond donors (Lipinski definition) is 2. The maximum atomic E-state index is 13.2. The number of carbonyl (C=O) groups is 2. The van der Waals surface area contributed by atoms with E-state index in [1.807, 2.05) is 24.3 Å². The van der Waals surface area contributed by atoms with Crippen molar-refractivity contribution in [3.8, 4) is 0 Å². The molecule has 0 atom stereocenters. The Labute approximate surface area is 161 Å². The zero-order chi connectivity index (χ0) is 20.1. The van der Waals surface area contributed by atoms with E-state index in [1.165, 1.54) is 0 Å². The SMILES string of the molecule is CC(C)(C(=O)O)c1ccc2nc(N)nc(C(=O)N3Cc4ccccc4C3)c2c1. The van der Waals surface area contributed by atoms with Crippen molar-refractivity contribution in [1.29, 1.82) is 0 Å². The Bertz CT molecular complexity index is 1100. The quantitative estimate of drug-likeness (QED) is 0.727. The van der Waals surface area contributed by atoms with Crippen molar-refractivity contribution < 1.29 is 14.7 Å². The third kappa shape index (κ3) is 2.85. The van der Waals surface area contributed by atoms with Crippen LogP contribution in [0.2, 0.25) is 0 Å². The summed E-state index contributed by atoms with van der Waals surface area (Å²) in [5.74, 6) is -1.19. The lowest BCUT2D eigenvalue weighted by molar-refractivity contribution is -0.142. The van der Waals surface area contributed by atoms with E-state index in [9.17, 15) is 14.7 Å². The number of benzene rings is 2. The van der Waals surface area contributed by atoms with E-state index in [0.29, 0.717) is 29.6 Å². The lowest BCUT2D eigenvalue weighted by atomic mass is 9.84. The van der Waals surface area contributed by atoms with Gasteiger partial charge in [-0.1, -0.05) is 30.3 Å². The fourth-order valence-corrected chi connectivity index (χ4v) is 3.45. The van der Waals surface area contributed by atoms with Crippen LogP contribution in [0, 0.1) is 0 Å². The third-order valence-corrected chi connectivity index (χ3v) is 5.30. The lowest BCUT2D eigenvalue weighted by Crippen LogP contribution is -2.29. The van der Waals surface area contributed by atoms with Gasteiger partial charge in [0.25, 0.3) is 5.91 Å². The number of fused-ring (bicyclic) bond motifs is 2. The Morgan fingerprint density at radius 1 is 1.07 bits per heavy atom. The van der Waals surface area contributed by atoms with Crippen molar-refractivity contribution in [3.05, 3.63) is 64.8 Å². The summed E-state index contributed by atoms with van der Waals surface area (Å²) in [6.07, 6.45) is 0. The number of nitrogen functional groups attached to an aromatic ring is 1. The predicted octanol–water partition coefficient (Wildman–Crippen LogP) is 2.73. The molecule has 3 aromatic rings. The van der Waals surface area contributed by atoms with Crippen molar-refractivity contribution >= 4 is 28.7 Å². The third-order valence-electron chi connectivity index (χ3n) is 5.30.